The van der Waals surface area contributed by atoms with Crippen LogP contribution in [0.5, 0.6) is 0 Å². The average molecular weight is 292 g/mol. The van der Waals surface area contributed by atoms with E-state index in [4.69, 9.17) is 15.6 Å². The van der Waals surface area contributed by atoms with Gasteiger partial charge in [0.1, 0.15) is 5.54 Å². The molecular weight excluding hydrogens is 272 g/mol. The van der Waals surface area contributed by atoms with E-state index in [1.54, 1.807) is 0 Å². The minimum absolute atomic E-state index is 0.0199. The summed E-state index contributed by atoms with van der Waals surface area (Å²) < 4.78 is 5.19. The molecule has 2 unspecified atom stereocenters. The second-order valence-corrected chi connectivity index (χ2v) is 5.33. The number of hydrogen-bond donors (Lipinski definition) is 3. The average Bonchev–Trinajstić information content (AvgIpc) is 2.92. The Bertz CT molecular complexity index is 498. The number of nitrogens with one attached hydrogen (secondary N) is 1. The van der Waals surface area contributed by atoms with Crippen LogP contribution < -0.4 is 11.1 Å². The zero-order chi connectivity index (χ0) is 15.3. The van der Waals surface area contributed by atoms with Crippen LogP contribution in [-0.2, 0) is 14.3 Å². The fourth-order valence-corrected chi connectivity index (χ4v) is 2.34. The van der Waals surface area contributed by atoms with Crippen molar-refractivity contribution in [3.63, 3.8) is 0 Å². The second kappa shape index (κ2) is 6.69. The van der Waals surface area contributed by atoms with Gasteiger partial charge < -0.3 is 20.9 Å². The van der Waals surface area contributed by atoms with Crippen LogP contribution in [0, 0.1) is 0 Å². The van der Waals surface area contributed by atoms with Gasteiger partial charge in [0.15, 0.2) is 0 Å². The molecule has 1 saturated heterocycles. The summed E-state index contributed by atoms with van der Waals surface area (Å²) in [5.41, 5.74) is 5.88. The van der Waals surface area contributed by atoms with Crippen molar-refractivity contribution in [1.29, 1.82) is 0 Å². The molecule has 1 amide bonds. The van der Waals surface area contributed by atoms with Gasteiger partial charge >= 0.3 is 5.97 Å². The van der Waals surface area contributed by atoms with Crippen LogP contribution >= 0.6 is 0 Å². The molecule has 0 bridgehead atoms. The number of carboxylic acids is 1. The minimum Gasteiger partial charge on any atom is -0.481 e. The zero-order valence-electron chi connectivity index (χ0n) is 11.7. The Morgan fingerprint density at radius 1 is 1.38 bits per heavy atom. The van der Waals surface area contributed by atoms with Crippen molar-refractivity contribution in [2.45, 2.75) is 30.8 Å². The van der Waals surface area contributed by atoms with Crippen molar-refractivity contribution >= 4 is 11.9 Å². The van der Waals surface area contributed by atoms with Crippen LogP contribution in [0.15, 0.2) is 30.3 Å². The number of amides is 1. The van der Waals surface area contributed by atoms with E-state index >= 15 is 0 Å². The van der Waals surface area contributed by atoms with E-state index in [0.29, 0.717) is 19.4 Å². The van der Waals surface area contributed by atoms with Gasteiger partial charge in [-0.05, 0) is 18.4 Å². The highest BCUT2D eigenvalue weighted by molar-refractivity contribution is 5.87. The van der Waals surface area contributed by atoms with E-state index in [0.717, 1.165) is 5.56 Å². The van der Waals surface area contributed by atoms with Crippen LogP contribution in [0.25, 0.3) is 0 Å². The first-order valence-electron chi connectivity index (χ1n) is 6.95. The largest absolute Gasteiger partial charge is 0.481 e. The smallest absolute Gasteiger partial charge is 0.303 e. The van der Waals surface area contributed by atoms with Crippen molar-refractivity contribution in [3.8, 4) is 0 Å². The van der Waals surface area contributed by atoms with Gasteiger partial charge in [0, 0.05) is 13.0 Å². The molecule has 1 heterocycles. The highest BCUT2D eigenvalue weighted by Crippen LogP contribution is 2.22. The van der Waals surface area contributed by atoms with Crippen LogP contribution in [0.1, 0.15) is 30.9 Å². The summed E-state index contributed by atoms with van der Waals surface area (Å²) in [6, 6.07) is 8.94. The molecule has 6 heteroatoms. The van der Waals surface area contributed by atoms with E-state index in [1.165, 1.54) is 0 Å². The minimum atomic E-state index is -1.02. The summed E-state index contributed by atoms with van der Waals surface area (Å²) in [6.07, 6.45) is 0.773. The number of carbonyl (C=O) groups excluding carboxylic acids is 1. The fourth-order valence-electron chi connectivity index (χ4n) is 2.34. The summed E-state index contributed by atoms with van der Waals surface area (Å²) in [6.45, 7) is 0.661. The van der Waals surface area contributed by atoms with Crippen LogP contribution in [0.3, 0.4) is 0 Å². The lowest BCUT2D eigenvalue weighted by Crippen LogP contribution is -2.55. The topological polar surface area (TPSA) is 102 Å². The van der Waals surface area contributed by atoms with Gasteiger partial charge in [-0.15, -0.1) is 0 Å². The fraction of sp³-hybridized carbons (Fsp3) is 0.467. The van der Waals surface area contributed by atoms with Crippen molar-refractivity contribution in [2.75, 3.05) is 13.2 Å². The lowest BCUT2D eigenvalue weighted by Gasteiger charge is -2.26. The number of benzene rings is 1. The second-order valence-electron chi connectivity index (χ2n) is 5.33. The maximum absolute atomic E-state index is 12.3. The van der Waals surface area contributed by atoms with Gasteiger partial charge in [0.25, 0.3) is 0 Å². The van der Waals surface area contributed by atoms with Crippen molar-refractivity contribution < 1.29 is 19.4 Å². The number of ether oxygens (including phenoxy) is 1. The molecule has 6 nitrogen and oxygen atoms in total. The Kier molecular flexibility index (Phi) is 4.93. The molecule has 0 saturated carbocycles. The van der Waals surface area contributed by atoms with E-state index in [1.807, 2.05) is 30.3 Å². The zero-order valence-corrected chi connectivity index (χ0v) is 11.7. The standard InChI is InChI=1S/C15H20N2O4/c16-15(8-9-21-10-15)14(20)17-12(6-7-13(18)19)11-4-2-1-3-5-11/h1-5,12H,6-10,16H2,(H,17,20)(H,18,19). The number of nitrogens with two attached hydrogens (primary N) is 1. The lowest BCUT2D eigenvalue weighted by molar-refractivity contribution is -0.137. The molecule has 21 heavy (non-hydrogen) atoms. The third kappa shape index (κ3) is 4.03. The van der Waals surface area contributed by atoms with Gasteiger partial charge in [-0.1, -0.05) is 30.3 Å². The predicted octanol–water partition coefficient (Wildman–Crippen LogP) is 0.826. The van der Waals surface area contributed by atoms with E-state index < -0.39 is 11.5 Å². The molecular formula is C15H20N2O4. The number of carboxylic acid groups (broad SMARTS) is 1. The monoisotopic (exact) mass is 292 g/mol. The first-order valence-corrected chi connectivity index (χ1v) is 6.95. The third-order valence-electron chi connectivity index (χ3n) is 3.66. The number of rotatable bonds is 6. The van der Waals surface area contributed by atoms with Crippen molar-refractivity contribution in [3.05, 3.63) is 35.9 Å². The normalized spacial score (nSPS) is 22.7. The maximum atomic E-state index is 12.3. The van der Waals surface area contributed by atoms with Gasteiger partial charge in [-0.25, -0.2) is 0 Å². The first-order chi connectivity index (χ1) is 10.0. The number of aliphatic carboxylic acids is 1. The summed E-state index contributed by atoms with van der Waals surface area (Å²) in [5, 5.41) is 11.7. The molecule has 1 aliphatic heterocycles. The molecule has 2 atom stereocenters. The molecule has 0 aliphatic carbocycles. The lowest BCUT2D eigenvalue weighted by atomic mass is 9.96. The first kappa shape index (κ1) is 15.5. The third-order valence-corrected chi connectivity index (χ3v) is 3.66. The predicted molar refractivity (Wildman–Crippen MR) is 76.5 cm³/mol. The Hall–Kier alpha value is -1.92. The van der Waals surface area contributed by atoms with Crippen molar-refractivity contribution in [2.24, 2.45) is 5.73 Å². The summed E-state index contributed by atoms with van der Waals surface area (Å²) in [5.74, 6) is -1.18. The highest BCUT2D eigenvalue weighted by Gasteiger charge is 2.39. The molecule has 0 spiro atoms. The maximum Gasteiger partial charge on any atom is 0.303 e. The SMILES string of the molecule is NC1(C(=O)NC(CCC(=O)O)c2ccccc2)CCOC1. The molecule has 1 fully saturated rings. The Labute approximate surface area is 123 Å². The van der Waals surface area contributed by atoms with Gasteiger partial charge in [0.05, 0.1) is 12.6 Å². The quantitative estimate of drug-likeness (QED) is 0.720. The Morgan fingerprint density at radius 2 is 2.10 bits per heavy atom. The summed E-state index contributed by atoms with van der Waals surface area (Å²) in [7, 11) is 0. The number of hydrogen-bond acceptors (Lipinski definition) is 4. The van der Waals surface area contributed by atoms with Gasteiger partial charge in [0.2, 0.25) is 5.91 Å². The van der Waals surface area contributed by atoms with Crippen LogP contribution in [-0.4, -0.2) is 35.7 Å². The van der Waals surface area contributed by atoms with E-state index in [-0.39, 0.29) is 25.0 Å². The highest BCUT2D eigenvalue weighted by atomic mass is 16.5. The summed E-state index contributed by atoms with van der Waals surface area (Å²) >= 11 is 0. The number of carbonyl (C=O) groups is 2. The molecule has 0 aromatic heterocycles. The van der Waals surface area contributed by atoms with Gasteiger partial charge in [-0.3, -0.25) is 9.59 Å². The molecule has 1 aromatic carbocycles. The van der Waals surface area contributed by atoms with Crippen LogP contribution in [0.4, 0.5) is 0 Å². The van der Waals surface area contributed by atoms with E-state index in [2.05, 4.69) is 5.32 Å². The van der Waals surface area contributed by atoms with Gasteiger partial charge in [-0.2, -0.15) is 0 Å². The molecule has 4 N–H and O–H groups in total. The molecule has 0 radical (unpaired) electrons. The van der Waals surface area contributed by atoms with E-state index in [9.17, 15) is 9.59 Å². The molecule has 114 valence electrons. The molecule has 1 aliphatic rings. The Balaban J connectivity index is 2.08. The molecule has 1 aromatic rings. The van der Waals surface area contributed by atoms with Crippen molar-refractivity contribution in [1.82, 2.24) is 5.32 Å². The molecule has 2 rings (SSSR count). The Morgan fingerprint density at radius 3 is 2.67 bits per heavy atom. The van der Waals surface area contributed by atoms with Crippen LogP contribution in [0.2, 0.25) is 0 Å². The summed E-state index contributed by atoms with van der Waals surface area (Å²) in [4.78, 5) is 23.1.